The average molecular weight is 595 g/mol. The third-order valence-electron chi connectivity index (χ3n) is 3.42. The van der Waals surface area contributed by atoms with Crippen LogP contribution in [-0.2, 0) is 51.3 Å². The van der Waals surface area contributed by atoms with Crippen LogP contribution in [0, 0.1) is 5.92 Å². The molecule has 1 saturated heterocycles. The van der Waals surface area contributed by atoms with Crippen molar-refractivity contribution in [2.75, 3.05) is 13.2 Å². The van der Waals surface area contributed by atoms with Crippen molar-refractivity contribution in [3.8, 4) is 0 Å². The number of hydroxylamine groups is 1. The van der Waals surface area contributed by atoms with E-state index in [4.69, 9.17) is 18.9 Å². The summed E-state index contributed by atoms with van der Waals surface area (Å²) >= 11 is 4.77. The Hall–Kier alpha value is -0.0261. The van der Waals surface area contributed by atoms with Gasteiger partial charge in [0, 0.05) is 66.7 Å². The van der Waals surface area contributed by atoms with Gasteiger partial charge >= 0.3 is 0 Å². The summed E-state index contributed by atoms with van der Waals surface area (Å²) in [6, 6.07) is 8.18. The number of halogens is 1. The SMILES string of the molecule is CC(C)C.CC(C)[N-]OCC(=O)N1CC(OSc2ccc(Br)cc2)CC1C.O=CO.[Y]. The minimum absolute atomic E-state index is 0. The molecule has 1 aliphatic rings. The topological polar surface area (TPSA) is 90.2 Å². The van der Waals surface area contributed by atoms with Crippen LogP contribution < -0.4 is 0 Å². The minimum atomic E-state index is -0.250. The van der Waals surface area contributed by atoms with Crippen molar-refractivity contribution in [2.45, 2.75) is 71.0 Å². The molecule has 0 aromatic heterocycles. The number of benzene rings is 1. The van der Waals surface area contributed by atoms with Crippen molar-refractivity contribution < 1.29 is 56.4 Å². The van der Waals surface area contributed by atoms with Gasteiger partial charge < -0.3 is 24.5 Å². The third kappa shape index (κ3) is 17.2. The molecule has 1 N–H and O–H groups in total. The Bertz CT molecular complexity index is 605. The van der Waals surface area contributed by atoms with E-state index in [2.05, 4.69) is 42.2 Å². The van der Waals surface area contributed by atoms with E-state index in [1.807, 2.05) is 49.9 Å². The second-order valence-corrected chi connectivity index (χ2v) is 9.44. The number of nitrogens with zero attached hydrogens (tertiary/aromatic N) is 2. The standard InChI is InChI=1S/C16H22BrN2O3S.C4H10.CH2O2.Y/c1-11(2)18-21-10-16(20)19-9-14(8-12(19)3)22-23-15-6-4-13(17)5-7-15;1-4(2)3;2-1-3;/h4-7,11-12,14H,8-10H2,1-3H3;4H,1-3H3;1H,(H,2,3);/q-1;;;. The first-order valence-electron chi connectivity index (χ1n) is 9.88. The van der Waals surface area contributed by atoms with E-state index in [-0.39, 0.29) is 69.9 Å². The fourth-order valence-corrected chi connectivity index (χ4v) is 3.24. The van der Waals surface area contributed by atoms with Crippen molar-refractivity contribution in [3.05, 3.63) is 34.2 Å². The Morgan fingerprint density at radius 2 is 1.81 bits per heavy atom. The Morgan fingerprint density at radius 1 is 1.29 bits per heavy atom. The molecular weight excluding hydrogens is 561 g/mol. The van der Waals surface area contributed by atoms with Crippen molar-refractivity contribution in [3.63, 3.8) is 0 Å². The van der Waals surface area contributed by atoms with E-state index in [1.54, 1.807) is 0 Å². The van der Waals surface area contributed by atoms with Crippen LogP contribution in [0.2, 0.25) is 0 Å². The molecule has 0 aliphatic carbocycles. The zero-order valence-electron chi connectivity index (χ0n) is 19.2. The smallest absolute Gasteiger partial charge is 0.290 e. The summed E-state index contributed by atoms with van der Waals surface area (Å²) in [7, 11) is 0. The molecule has 1 aromatic carbocycles. The third-order valence-corrected chi connectivity index (χ3v) is 4.79. The molecule has 0 bridgehead atoms. The molecule has 7 nitrogen and oxygen atoms in total. The normalized spacial score (nSPS) is 17.3. The van der Waals surface area contributed by atoms with Crippen LogP contribution in [0.5, 0.6) is 0 Å². The zero-order chi connectivity index (χ0) is 23.1. The van der Waals surface area contributed by atoms with Crippen LogP contribution in [0.1, 0.15) is 48.0 Å². The maximum Gasteiger partial charge on any atom is 0.290 e. The Kier molecular flexibility index (Phi) is 20.8. The first kappa shape index (κ1) is 33.1. The van der Waals surface area contributed by atoms with Crippen LogP contribution in [0.25, 0.3) is 5.48 Å². The molecule has 2 atom stereocenters. The molecule has 2 unspecified atom stereocenters. The van der Waals surface area contributed by atoms with E-state index < -0.39 is 0 Å². The van der Waals surface area contributed by atoms with Gasteiger partial charge in [-0.25, -0.2) is 0 Å². The molecule has 1 heterocycles. The number of carboxylic acid groups (broad SMARTS) is 1. The van der Waals surface area contributed by atoms with Gasteiger partial charge in [-0.05, 0) is 43.5 Å². The summed E-state index contributed by atoms with van der Waals surface area (Å²) in [5.74, 6) is 0.793. The van der Waals surface area contributed by atoms with Crippen molar-refractivity contribution >= 4 is 40.4 Å². The van der Waals surface area contributed by atoms with Gasteiger partial charge in [0.2, 0.25) is 5.91 Å². The molecule has 1 fully saturated rings. The second kappa shape index (κ2) is 19.4. The molecule has 0 saturated carbocycles. The van der Waals surface area contributed by atoms with E-state index in [1.165, 1.54) is 12.0 Å². The molecular formula is C21H34BrN2O5SY-. The fraction of sp³-hybridized carbons (Fsp3) is 0.619. The van der Waals surface area contributed by atoms with Crippen LogP contribution in [-0.4, -0.2) is 53.7 Å². The van der Waals surface area contributed by atoms with Crippen molar-refractivity contribution in [1.82, 2.24) is 4.90 Å². The van der Waals surface area contributed by atoms with Crippen LogP contribution in [0.4, 0.5) is 0 Å². The molecule has 0 spiro atoms. The number of carbonyl (C=O) groups is 2. The predicted molar refractivity (Wildman–Crippen MR) is 124 cm³/mol. The molecule has 1 radical (unpaired) electrons. The maximum absolute atomic E-state index is 12.2. The van der Waals surface area contributed by atoms with Gasteiger partial charge in [-0.15, -0.1) is 6.04 Å². The summed E-state index contributed by atoms with van der Waals surface area (Å²) in [6.07, 6.45) is 0.862. The number of hydrogen-bond acceptors (Lipinski definition) is 5. The van der Waals surface area contributed by atoms with E-state index >= 15 is 0 Å². The first-order chi connectivity index (χ1) is 14.1. The molecule has 10 heteroatoms. The van der Waals surface area contributed by atoms with Gasteiger partial charge in [0.25, 0.3) is 6.47 Å². The van der Waals surface area contributed by atoms with Crippen LogP contribution in [0.3, 0.4) is 0 Å². The molecule has 1 amide bonds. The first-order valence-corrected chi connectivity index (χ1v) is 11.4. The summed E-state index contributed by atoms with van der Waals surface area (Å²) in [5, 5.41) is 6.89. The average Bonchev–Trinajstić information content (AvgIpc) is 3.02. The number of carbonyl (C=O) groups excluding carboxylic acids is 1. The molecule has 1 aromatic rings. The number of likely N-dealkylation sites (tertiary alicyclic amines) is 1. The Labute approximate surface area is 224 Å². The summed E-state index contributed by atoms with van der Waals surface area (Å²) in [6.45, 7) is 12.7. The number of amides is 1. The van der Waals surface area contributed by atoms with Gasteiger partial charge in [0.05, 0.1) is 6.10 Å². The van der Waals surface area contributed by atoms with E-state index in [9.17, 15) is 4.79 Å². The predicted octanol–water partition coefficient (Wildman–Crippen LogP) is 5.54. The van der Waals surface area contributed by atoms with Gasteiger partial charge in [-0.3, -0.25) is 9.59 Å². The Balaban J connectivity index is 0. The monoisotopic (exact) mass is 594 g/mol. The number of hydrogen-bond donors (Lipinski definition) is 1. The summed E-state index contributed by atoms with van der Waals surface area (Å²) in [4.78, 5) is 28.5. The van der Waals surface area contributed by atoms with Crippen molar-refractivity contribution in [1.29, 1.82) is 0 Å². The molecule has 175 valence electrons. The van der Waals surface area contributed by atoms with Gasteiger partial charge in [0.15, 0.2) is 0 Å². The van der Waals surface area contributed by atoms with Gasteiger partial charge in [-0.2, -0.15) is 0 Å². The van der Waals surface area contributed by atoms with Crippen LogP contribution in [0.15, 0.2) is 33.6 Å². The van der Waals surface area contributed by atoms with Crippen molar-refractivity contribution in [2.24, 2.45) is 5.92 Å². The molecule has 31 heavy (non-hydrogen) atoms. The summed E-state index contributed by atoms with van der Waals surface area (Å²) < 4.78 is 6.91. The summed E-state index contributed by atoms with van der Waals surface area (Å²) in [5.41, 5.74) is 3.88. The van der Waals surface area contributed by atoms with E-state index in [0.29, 0.717) is 6.54 Å². The molecule has 2 rings (SSSR count). The fourth-order valence-electron chi connectivity index (χ4n) is 2.34. The van der Waals surface area contributed by atoms with Crippen LogP contribution >= 0.6 is 28.0 Å². The van der Waals surface area contributed by atoms with Gasteiger partial charge in [0.1, 0.15) is 6.61 Å². The zero-order valence-corrected chi connectivity index (χ0v) is 24.4. The largest absolute Gasteiger partial charge is 0.532 e. The van der Waals surface area contributed by atoms with E-state index in [0.717, 1.165) is 21.7 Å². The second-order valence-electron chi connectivity index (χ2n) is 7.70. The molecule has 1 aliphatic heterocycles. The number of rotatable bonds is 7. The Morgan fingerprint density at radius 3 is 2.29 bits per heavy atom. The maximum atomic E-state index is 12.2. The quantitative estimate of drug-likeness (QED) is 0.253. The van der Waals surface area contributed by atoms with Gasteiger partial charge in [-0.1, -0.05) is 50.5 Å². The minimum Gasteiger partial charge on any atom is -0.532 e.